The van der Waals surface area contributed by atoms with Crippen LogP contribution in [0.3, 0.4) is 0 Å². The first-order valence-electron chi connectivity index (χ1n) is 2.30. The Bertz CT molecular complexity index is 56.2. The normalized spacial score (nSPS) is 6.11. The third kappa shape index (κ3) is 59.0. The quantitative estimate of drug-likeness (QED) is 0.309. The van der Waals surface area contributed by atoms with Crippen LogP contribution in [0.5, 0.6) is 0 Å². The van der Waals surface area contributed by atoms with Crippen LogP contribution in [0.4, 0.5) is 0 Å². The van der Waals surface area contributed by atoms with E-state index in [0.717, 1.165) is 0 Å². The molecule has 0 unspecified atom stereocenters. The molecule has 2 N–H and O–H groups in total. The van der Waals surface area contributed by atoms with Crippen LogP contribution in [-0.4, -0.2) is 22.8 Å². The van der Waals surface area contributed by atoms with E-state index in [4.69, 9.17) is 10.2 Å². The van der Waals surface area contributed by atoms with Crippen molar-refractivity contribution in [2.45, 2.75) is 13.3 Å². The van der Waals surface area contributed by atoms with Crippen LogP contribution in [-0.2, 0) is 4.79 Å². The van der Waals surface area contributed by atoms with E-state index in [9.17, 15) is 4.79 Å². The number of hydrogen-bond donors (Lipinski definition) is 2. The third-order valence-electron chi connectivity index (χ3n) is 0.302. The molecule has 0 radical (unpaired) electrons. The molecule has 0 heterocycles. The number of aliphatic carboxylic acids is 1. The standard InChI is InChI=1S/C3H6O2.C2H5O.Na/c1-2-3(4)5;1-2-3;/h2H2,1H3,(H,4,5);3H,1-2H2;/q;-1;+1. The van der Waals surface area contributed by atoms with Crippen molar-refractivity contribution in [2.24, 2.45) is 0 Å². The van der Waals surface area contributed by atoms with Crippen molar-refractivity contribution >= 4 is 5.97 Å². The van der Waals surface area contributed by atoms with Gasteiger partial charge >= 0.3 is 35.5 Å². The minimum absolute atomic E-state index is 0. The molecule has 0 bridgehead atoms. The van der Waals surface area contributed by atoms with Gasteiger partial charge in [-0.1, -0.05) is 13.5 Å². The molecule has 0 aromatic carbocycles. The fourth-order valence-corrected chi connectivity index (χ4v) is 0. The van der Waals surface area contributed by atoms with Crippen LogP contribution < -0.4 is 29.6 Å². The van der Waals surface area contributed by atoms with Crippen molar-refractivity contribution in [3.63, 3.8) is 0 Å². The van der Waals surface area contributed by atoms with Gasteiger partial charge in [0.15, 0.2) is 0 Å². The number of rotatable bonds is 1. The van der Waals surface area contributed by atoms with Gasteiger partial charge in [-0.2, -0.15) is 0 Å². The summed E-state index contributed by atoms with van der Waals surface area (Å²) in [6, 6.07) is 0. The van der Waals surface area contributed by atoms with Crippen molar-refractivity contribution in [2.75, 3.05) is 6.61 Å². The van der Waals surface area contributed by atoms with E-state index in [1.165, 1.54) is 0 Å². The summed E-state index contributed by atoms with van der Waals surface area (Å²) in [5.41, 5.74) is 0. The minimum Gasteiger partial charge on any atom is -0.481 e. The molecule has 0 fully saturated rings. The van der Waals surface area contributed by atoms with E-state index >= 15 is 0 Å². The monoisotopic (exact) mass is 142 g/mol. The summed E-state index contributed by atoms with van der Waals surface area (Å²) in [7, 11) is 0. The Labute approximate surface area is 77.4 Å². The summed E-state index contributed by atoms with van der Waals surface area (Å²) in [6.45, 7) is 4.64. The largest absolute Gasteiger partial charge is 1.00 e. The van der Waals surface area contributed by atoms with Crippen molar-refractivity contribution in [3.05, 3.63) is 6.92 Å². The molecule has 0 aliphatic carbocycles. The van der Waals surface area contributed by atoms with Crippen molar-refractivity contribution < 1.29 is 44.6 Å². The molecule has 0 aromatic rings. The SMILES string of the molecule is CCC(=O)O.[CH2-]CO.[Na+]. The van der Waals surface area contributed by atoms with Gasteiger partial charge in [0.1, 0.15) is 0 Å². The van der Waals surface area contributed by atoms with Crippen LogP contribution in [0.1, 0.15) is 13.3 Å². The Balaban J connectivity index is -0.0000000800. The summed E-state index contributed by atoms with van der Waals surface area (Å²) >= 11 is 0. The molecule has 0 atom stereocenters. The van der Waals surface area contributed by atoms with E-state index in [0.29, 0.717) is 0 Å². The van der Waals surface area contributed by atoms with Gasteiger partial charge in [0.25, 0.3) is 0 Å². The molecule has 0 rings (SSSR count). The summed E-state index contributed by atoms with van der Waals surface area (Å²) in [5.74, 6) is -0.745. The molecular weight excluding hydrogens is 131 g/mol. The van der Waals surface area contributed by atoms with Crippen LogP contribution in [0.15, 0.2) is 0 Å². The number of carboxylic acid groups (broad SMARTS) is 1. The molecule has 0 saturated heterocycles. The fourth-order valence-electron chi connectivity index (χ4n) is 0. The molecule has 3 nitrogen and oxygen atoms in total. The number of hydrogen-bond acceptors (Lipinski definition) is 2. The second-order valence-corrected chi connectivity index (χ2v) is 0.971. The number of aliphatic hydroxyl groups is 1. The average molecular weight is 142 g/mol. The zero-order valence-electron chi connectivity index (χ0n) is 5.92. The van der Waals surface area contributed by atoms with E-state index < -0.39 is 5.97 Å². The minimum atomic E-state index is -0.745. The molecule has 0 spiro atoms. The maximum Gasteiger partial charge on any atom is 1.00 e. The Morgan fingerprint density at radius 3 is 1.78 bits per heavy atom. The third-order valence-corrected chi connectivity index (χ3v) is 0.302. The maximum absolute atomic E-state index is 9.37. The fraction of sp³-hybridized carbons (Fsp3) is 0.600. The van der Waals surface area contributed by atoms with Crippen molar-refractivity contribution in [1.29, 1.82) is 0 Å². The molecule has 4 heteroatoms. The van der Waals surface area contributed by atoms with E-state index in [-0.39, 0.29) is 42.6 Å². The zero-order valence-corrected chi connectivity index (χ0v) is 7.92. The molecular formula is C5H11NaO3. The van der Waals surface area contributed by atoms with Gasteiger partial charge in [-0.25, -0.2) is 0 Å². The Kier molecular flexibility index (Phi) is 28.4. The maximum atomic E-state index is 9.37. The van der Waals surface area contributed by atoms with Gasteiger partial charge in [0.05, 0.1) is 0 Å². The van der Waals surface area contributed by atoms with Crippen LogP contribution >= 0.6 is 0 Å². The van der Waals surface area contributed by atoms with E-state index in [2.05, 4.69) is 6.92 Å². The van der Waals surface area contributed by atoms with Gasteiger partial charge in [0, 0.05) is 6.42 Å². The van der Waals surface area contributed by atoms with Crippen molar-refractivity contribution in [3.8, 4) is 0 Å². The topological polar surface area (TPSA) is 57.5 Å². The predicted molar refractivity (Wildman–Crippen MR) is 30.4 cm³/mol. The molecule has 0 saturated carbocycles. The number of aliphatic hydroxyl groups excluding tert-OH is 1. The Morgan fingerprint density at radius 1 is 1.67 bits per heavy atom. The summed E-state index contributed by atoms with van der Waals surface area (Å²) in [5, 5.41) is 15.2. The smallest absolute Gasteiger partial charge is 0.481 e. The number of carboxylic acids is 1. The summed E-state index contributed by atoms with van der Waals surface area (Å²) in [4.78, 5) is 9.37. The first-order valence-corrected chi connectivity index (χ1v) is 2.30. The zero-order chi connectivity index (χ0) is 6.99. The van der Waals surface area contributed by atoms with Gasteiger partial charge in [-0.05, 0) is 0 Å². The molecule has 9 heavy (non-hydrogen) atoms. The van der Waals surface area contributed by atoms with Crippen LogP contribution in [0.25, 0.3) is 0 Å². The van der Waals surface area contributed by atoms with Crippen molar-refractivity contribution in [1.82, 2.24) is 0 Å². The first-order chi connectivity index (χ1) is 3.68. The van der Waals surface area contributed by atoms with Gasteiger partial charge < -0.3 is 17.1 Å². The summed E-state index contributed by atoms with van der Waals surface area (Å²) < 4.78 is 0. The Hall–Kier alpha value is 0.430. The molecule has 0 aliphatic rings. The summed E-state index contributed by atoms with van der Waals surface area (Å²) in [6.07, 6.45) is 0.222. The second-order valence-electron chi connectivity index (χ2n) is 0.971. The van der Waals surface area contributed by atoms with Gasteiger partial charge in [-0.15, -0.1) is 0 Å². The molecule has 0 aliphatic heterocycles. The molecule has 0 aromatic heterocycles. The predicted octanol–water partition coefficient (Wildman–Crippen LogP) is -2.70. The van der Waals surface area contributed by atoms with Gasteiger partial charge in [0.2, 0.25) is 0 Å². The number of carbonyl (C=O) groups is 1. The first kappa shape index (κ1) is 16.2. The molecule has 0 amide bonds. The van der Waals surface area contributed by atoms with Crippen LogP contribution in [0, 0.1) is 6.92 Å². The van der Waals surface area contributed by atoms with Gasteiger partial charge in [-0.3, -0.25) is 4.79 Å². The second kappa shape index (κ2) is 15.8. The molecule has 50 valence electrons. The van der Waals surface area contributed by atoms with E-state index in [1.54, 1.807) is 6.92 Å². The Morgan fingerprint density at radius 2 is 1.78 bits per heavy atom. The van der Waals surface area contributed by atoms with Crippen LogP contribution in [0.2, 0.25) is 0 Å². The van der Waals surface area contributed by atoms with E-state index in [1.807, 2.05) is 0 Å². The average Bonchev–Trinajstić information content (AvgIpc) is 1.69.